The van der Waals surface area contributed by atoms with E-state index in [9.17, 15) is 0 Å². The average molecular weight is 273 g/mol. The second-order valence-electron chi connectivity index (χ2n) is 7.07. The van der Waals surface area contributed by atoms with Gasteiger partial charge in [-0.1, -0.05) is 19.3 Å². The van der Waals surface area contributed by atoms with Gasteiger partial charge in [0.25, 0.3) is 0 Å². The number of hydrogen-bond acceptors (Lipinski definition) is 2. The van der Waals surface area contributed by atoms with Crippen LogP contribution in [0.3, 0.4) is 0 Å². The number of aromatic nitrogens is 2. The zero-order valence-corrected chi connectivity index (χ0v) is 12.7. The Hall–Kier alpha value is -0.830. The zero-order valence-electron chi connectivity index (χ0n) is 12.7. The molecular formula is C17H27N3. The van der Waals surface area contributed by atoms with E-state index in [-0.39, 0.29) is 0 Å². The van der Waals surface area contributed by atoms with Crippen LogP contribution in [-0.2, 0) is 13.0 Å². The molecule has 2 aliphatic carbocycles. The predicted molar refractivity (Wildman–Crippen MR) is 80.9 cm³/mol. The van der Waals surface area contributed by atoms with Gasteiger partial charge in [0.05, 0.1) is 5.69 Å². The Labute approximate surface area is 122 Å². The molecule has 0 spiro atoms. The molecule has 0 radical (unpaired) electrons. The van der Waals surface area contributed by atoms with E-state index in [1.807, 2.05) is 0 Å². The van der Waals surface area contributed by atoms with Gasteiger partial charge in [-0.2, -0.15) is 0 Å². The van der Waals surface area contributed by atoms with Gasteiger partial charge in [-0.15, -0.1) is 0 Å². The molecule has 3 nitrogen and oxygen atoms in total. The fraction of sp³-hybridized carbons (Fsp3) is 0.824. The highest BCUT2D eigenvalue weighted by molar-refractivity contribution is 5.25. The van der Waals surface area contributed by atoms with E-state index < -0.39 is 0 Å². The SMILES string of the molecule is CC(C1CCCCC1)n1c(C2CC2)nc2c1CCNC2. The van der Waals surface area contributed by atoms with Gasteiger partial charge in [-0.25, -0.2) is 4.98 Å². The number of imidazole rings is 1. The number of nitrogens with one attached hydrogen (secondary N) is 1. The fourth-order valence-electron chi connectivity index (χ4n) is 4.27. The first-order valence-corrected chi connectivity index (χ1v) is 8.65. The van der Waals surface area contributed by atoms with Crippen LogP contribution >= 0.6 is 0 Å². The van der Waals surface area contributed by atoms with E-state index in [4.69, 9.17) is 4.98 Å². The van der Waals surface area contributed by atoms with Gasteiger partial charge < -0.3 is 9.88 Å². The van der Waals surface area contributed by atoms with Gasteiger partial charge in [0.15, 0.2) is 0 Å². The smallest absolute Gasteiger partial charge is 0.112 e. The van der Waals surface area contributed by atoms with Crippen LogP contribution in [0.5, 0.6) is 0 Å². The minimum atomic E-state index is 0.667. The van der Waals surface area contributed by atoms with E-state index >= 15 is 0 Å². The van der Waals surface area contributed by atoms with Crippen LogP contribution in [-0.4, -0.2) is 16.1 Å². The van der Waals surface area contributed by atoms with E-state index in [1.165, 1.54) is 62.9 Å². The van der Waals surface area contributed by atoms with Gasteiger partial charge in [0, 0.05) is 37.2 Å². The van der Waals surface area contributed by atoms with Crippen molar-refractivity contribution in [3.8, 4) is 0 Å². The Bertz CT molecular complexity index is 481. The molecule has 1 unspecified atom stereocenters. The lowest BCUT2D eigenvalue weighted by Gasteiger charge is -2.31. The second kappa shape index (κ2) is 5.18. The number of hydrogen-bond donors (Lipinski definition) is 1. The molecule has 1 aromatic rings. The minimum absolute atomic E-state index is 0.667. The van der Waals surface area contributed by atoms with Gasteiger partial charge in [-0.05, 0) is 38.5 Å². The second-order valence-corrected chi connectivity index (χ2v) is 7.07. The third-order valence-corrected chi connectivity index (χ3v) is 5.63. The third-order valence-electron chi connectivity index (χ3n) is 5.63. The van der Waals surface area contributed by atoms with Crippen LogP contribution in [0, 0.1) is 5.92 Å². The van der Waals surface area contributed by atoms with E-state index in [1.54, 1.807) is 5.69 Å². The van der Waals surface area contributed by atoms with Crippen LogP contribution in [0.4, 0.5) is 0 Å². The van der Waals surface area contributed by atoms with Crippen molar-refractivity contribution < 1.29 is 0 Å². The Balaban J connectivity index is 1.69. The molecule has 3 aliphatic rings. The standard InChI is InChI=1S/C17H27N3/c1-12(13-5-3-2-4-6-13)20-16-9-10-18-11-15(16)19-17(20)14-7-8-14/h12-14,18H,2-11H2,1H3. The molecular weight excluding hydrogens is 246 g/mol. The van der Waals surface area contributed by atoms with Gasteiger partial charge >= 0.3 is 0 Å². The molecule has 4 rings (SSSR count). The first-order valence-electron chi connectivity index (χ1n) is 8.65. The quantitative estimate of drug-likeness (QED) is 0.912. The number of fused-ring (bicyclic) bond motifs is 1. The van der Waals surface area contributed by atoms with Crippen molar-refractivity contribution in [3.05, 3.63) is 17.2 Å². The van der Waals surface area contributed by atoms with Crippen LogP contribution in [0.2, 0.25) is 0 Å². The average Bonchev–Trinajstić information content (AvgIpc) is 3.28. The summed E-state index contributed by atoms with van der Waals surface area (Å²) in [7, 11) is 0. The summed E-state index contributed by atoms with van der Waals surface area (Å²) in [6, 6.07) is 0.667. The maximum atomic E-state index is 5.03. The molecule has 1 aromatic heterocycles. The molecule has 2 heterocycles. The zero-order chi connectivity index (χ0) is 13.5. The lowest BCUT2D eigenvalue weighted by Crippen LogP contribution is -2.28. The normalized spacial score (nSPS) is 25.4. The Morgan fingerprint density at radius 3 is 2.70 bits per heavy atom. The molecule has 1 N–H and O–H groups in total. The lowest BCUT2D eigenvalue weighted by molar-refractivity contribution is 0.256. The molecule has 2 fully saturated rings. The summed E-state index contributed by atoms with van der Waals surface area (Å²) in [5, 5.41) is 3.48. The van der Waals surface area contributed by atoms with E-state index in [0.29, 0.717) is 6.04 Å². The Kier molecular flexibility index (Phi) is 3.33. The molecule has 0 aromatic carbocycles. The Morgan fingerprint density at radius 2 is 1.95 bits per heavy atom. The number of rotatable bonds is 3. The summed E-state index contributed by atoms with van der Waals surface area (Å²) in [5.74, 6) is 3.08. The molecule has 0 amide bonds. The number of nitrogens with zero attached hydrogens (tertiary/aromatic N) is 2. The highest BCUT2D eigenvalue weighted by atomic mass is 15.2. The van der Waals surface area contributed by atoms with Gasteiger partial charge in [0.1, 0.15) is 5.82 Å². The van der Waals surface area contributed by atoms with Crippen LogP contribution < -0.4 is 5.32 Å². The first kappa shape index (κ1) is 12.9. The van der Waals surface area contributed by atoms with Crippen molar-refractivity contribution in [3.63, 3.8) is 0 Å². The van der Waals surface area contributed by atoms with E-state index in [2.05, 4.69) is 16.8 Å². The van der Waals surface area contributed by atoms with Crippen molar-refractivity contribution in [2.45, 2.75) is 76.8 Å². The maximum absolute atomic E-state index is 5.03. The van der Waals surface area contributed by atoms with Crippen molar-refractivity contribution in [1.82, 2.24) is 14.9 Å². The molecule has 2 saturated carbocycles. The summed E-state index contributed by atoms with van der Waals surface area (Å²) in [4.78, 5) is 5.03. The van der Waals surface area contributed by atoms with Gasteiger partial charge in [0.2, 0.25) is 0 Å². The summed E-state index contributed by atoms with van der Waals surface area (Å²) in [5.41, 5.74) is 2.91. The van der Waals surface area contributed by atoms with Crippen molar-refractivity contribution in [2.75, 3.05) is 6.54 Å². The molecule has 1 aliphatic heterocycles. The molecule has 0 bridgehead atoms. The van der Waals surface area contributed by atoms with Gasteiger partial charge in [-0.3, -0.25) is 0 Å². The first-order chi connectivity index (χ1) is 9.84. The van der Waals surface area contributed by atoms with Crippen molar-refractivity contribution in [1.29, 1.82) is 0 Å². The lowest BCUT2D eigenvalue weighted by atomic mass is 9.84. The van der Waals surface area contributed by atoms with Crippen LogP contribution in [0.25, 0.3) is 0 Å². The molecule has 20 heavy (non-hydrogen) atoms. The molecule has 3 heteroatoms. The van der Waals surface area contributed by atoms with E-state index in [0.717, 1.165) is 24.9 Å². The fourth-order valence-corrected chi connectivity index (χ4v) is 4.27. The van der Waals surface area contributed by atoms with Crippen LogP contribution in [0.1, 0.15) is 81.0 Å². The maximum Gasteiger partial charge on any atom is 0.112 e. The summed E-state index contributed by atoms with van der Waals surface area (Å²) >= 11 is 0. The minimum Gasteiger partial charge on any atom is -0.328 e. The molecule has 0 saturated heterocycles. The summed E-state index contributed by atoms with van der Waals surface area (Å²) in [6.45, 7) is 4.57. The largest absolute Gasteiger partial charge is 0.328 e. The van der Waals surface area contributed by atoms with Crippen LogP contribution in [0.15, 0.2) is 0 Å². The topological polar surface area (TPSA) is 29.9 Å². The van der Waals surface area contributed by atoms with Crippen molar-refractivity contribution >= 4 is 0 Å². The molecule has 1 atom stereocenters. The Morgan fingerprint density at radius 1 is 1.15 bits per heavy atom. The summed E-state index contributed by atoms with van der Waals surface area (Å²) in [6.07, 6.45) is 11.1. The monoisotopic (exact) mass is 273 g/mol. The highest BCUT2D eigenvalue weighted by Crippen LogP contribution is 2.43. The third kappa shape index (κ3) is 2.20. The van der Waals surface area contributed by atoms with Crippen molar-refractivity contribution in [2.24, 2.45) is 5.92 Å². The predicted octanol–water partition coefficient (Wildman–Crippen LogP) is 3.55. The molecule has 110 valence electrons. The highest BCUT2D eigenvalue weighted by Gasteiger charge is 2.35. The summed E-state index contributed by atoms with van der Waals surface area (Å²) < 4.78 is 2.68.